The van der Waals surface area contributed by atoms with Crippen LogP contribution in [0.5, 0.6) is 0 Å². The Morgan fingerprint density at radius 3 is 2.70 bits per heavy atom. The molecule has 1 fully saturated rings. The van der Waals surface area contributed by atoms with Gasteiger partial charge >= 0.3 is 5.97 Å². The van der Waals surface area contributed by atoms with Gasteiger partial charge in [-0.25, -0.2) is 4.79 Å². The van der Waals surface area contributed by atoms with Crippen LogP contribution in [0.4, 0.5) is 11.4 Å². The van der Waals surface area contributed by atoms with Crippen molar-refractivity contribution in [1.82, 2.24) is 0 Å². The maximum Gasteiger partial charge on any atom is 0.340 e. The van der Waals surface area contributed by atoms with Gasteiger partial charge in [0.05, 0.1) is 31.1 Å². The molecule has 0 spiro atoms. The van der Waals surface area contributed by atoms with Crippen molar-refractivity contribution in [1.29, 1.82) is 0 Å². The Morgan fingerprint density at radius 2 is 1.96 bits per heavy atom. The first-order valence-electron chi connectivity index (χ1n) is 9.37. The Balaban J connectivity index is 1.71. The molecule has 2 aromatic carbocycles. The van der Waals surface area contributed by atoms with Crippen molar-refractivity contribution >= 4 is 23.4 Å². The largest absolute Gasteiger partial charge is 0.462 e. The molecule has 0 amide bonds. The molecule has 0 bridgehead atoms. The van der Waals surface area contributed by atoms with E-state index in [0.717, 1.165) is 30.0 Å². The molecule has 0 aliphatic carbocycles. The smallest absolute Gasteiger partial charge is 0.340 e. The minimum absolute atomic E-state index is 0.289. The first kappa shape index (κ1) is 19.0. The highest BCUT2D eigenvalue weighted by Crippen LogP contribution is 2.26. The molecule has 27 heavy (non-hydrogen) atoms. The molecule has 0 atom stereocenters. The number of hydrogen-bond acceptors (Lipinski definition) is 5. The molecule has 1 aliphatic rings. The topological polar surface area (TPSA) is 50.8 Å². The summed E-state index contributed by atoms with van der Waals surface area (Å²) in [5.74, 6) is -0.289. The van der Waals surface area contributed by atoms with E-state index in [9.17, 15) is 4.79 Å². The van der Waals surface area contributed by atoms with Gasteiger partial charge in [0.15, 0.2) is 0 Å². The van der Waals surface area contributed by atoms with Crippen LogP contribution < -0.4 is 10.2 Å². The summed E-state index contributed by atoms with van der Waals surface area (Å²) in [5.41, 5.74) is 3.56. The van der Waals surface area contributed by atoms with E-state index >= 15 is 0 Å². The summed E-state index contributed by atoms with van der Waals surface area (Å²) in [6, 6.07) is 16.0. The van der Waals surface area contributed by atoms with Crippen molar-refractivity contribution in [2.24, 2.45) is 0 Å². The lowest BCUT2D eigenvalue weighted by Gasteiger charge is -2.30. The van der Waals surface area contributed by atoms with Crippen LogP contribution in [0.25, 0.3) is 6.08 Å². The van der Waals surface area contributed by atoms with Gasteiger partial charge in [-0.3, -0.25) is 0 Å². The minimum Gasteiger partial charge on any atom is -0.462 e. The zero-order valence-corrected chi connectivity index (χ0v) is 15.7. The highest BCUT2D eigenvalue weighted by molar-refractivity contribution is 5.97. The zero-order valence-electron chi connectivity index (χ0n) is 15.7. The second-order valence-electron chi connectivity index (χ2n) is 6.25. The van der Waals surface area contributed by atoms with Gasteiger partial charge in [0.25, 0.3) is 0 Å². The predicted molar refractivity (Wildman–Crippen MR) is 109 cm³/mol. The minimum atomic E-state index is -0.289. The molecule has 0 unspecified atom stereocenters. The van der Waals surface area contributed by atoms with E-state index in [-0.39, 0.29) is 5.97 Å². The van der Waals surface area contributed by atoms with E-state index in [2.05, 4.69) is 34.5 Å². The number of esters is 1. The van der Waals surface area contributed by atoms with E-state index in [1.807, 2.05) is 43.3 Å². The lowest BCUT2D eigenvalue weighted by Crippen LogP contribution is -2.37. The molecular weight excluding hydrogens is 340 g/mol. The fraction of sp³-hybridized carbons (Fsp3) is 0.318. The van der Waals surface area contributed by atoms with Gasteiger partial charge in [-0.1, -0.05) is 42.5 Å². The number of anilines is 2. The van der Waals surface area contributed by atoms with E-state index in [1.165, 1.54) is 0 Å². The van der Waals surface area contributed by atoms with Crippen LogP contribution in [0, 0.1) is 0 Å². The predicted octanol–water partition coefficient (Wildman–Crippen LogP) is 3.83. The Kier molecular flexibility index (Phi) is 6.88. The first-order valence-corrected chi connectivity index (χ1v) is 9.37. The summed E-state index contributed by atoms with van der Waals surface area (Å²) < 4.78 is 10.7. The number of carbonyl (C=O) groups is 1. The molecule has 1 N–H and O–H groups in total. The Hall–Kier alpha value is -2.79. The maximum absolute atomic E-state index is 12.5. The fourth-order valence-corrected chi connectivity index (χ4v) is 3.03. The summed E-state index contributed by atoms with van der Waals surface area (Å²) in [6.45, 7) is 5.76. The summed E-state index contributed by atoms with van der Waals surface area (Å²) in [6.07, 6.45) is 4.14. The van der Waals surface area contributed by atoms with Gasteiger partial charge in [0.1, 0.15) is 0 Å². The first-order chi connectivity index (χ1) is 13.3. The van der Waals surface area contributed by atoms with Gasteiger partial charge in [-0.2, -0.15) is 0 Å². The molecule has 2 aromatic rings. The number of nitrogens with zero attached hydrogens (tertiary/aromatic N) is 1. The van der Waals surface area contributed by atoms with Crippen molar-refractivity contribution in [2.75, 3.05) is 49.7 Å². The fourth-order valence-electron chi connectivity index (χ4n) is 3.03. The van der Waals surface area contributed by atoms with Crippen LogP contribution in [0.15, 0.2) is 54.6 Å². The Morgan fingerprint density at radius 1 is 1.19 bits per heavy atom. The number of carbonyl (C=O) groups excluding carboxylic acids is 1. The summed E-state index contributed by atoms with van der Waals surface area (Å²) in [5, 5.41) is 3.34. The third-order valence-corrected chi connectivity index (χ3v) is 4.38. The molecule has 0 saturated carbocycles. The average molecular weight is 366 g/mol. The second kappa shape index (κ2) is 9.78. The van der Waals surface area contributed by atoms with Crippen molar-refractivity contribution < 1.29 is 14.3 Å². The van der Waals surface area contributed by atoms with Gasteiger partial charge in [-0.05, 0) is 30.7 Å². The Bertz CT molecular complexity index is 768. The van der Waals surface area contributed by atoms with Crippen LogP contribution in [-0.2, 0) is 9.47 Å². The highest BCUT2D eigenvalue weighted by Gasteiger charge is 2.20. The zero-order chi connectivity index (χ0) is 18.9. The lowest BCUT2D eigenvalue weighted by molar-refractivity contribution is 0.0526. The van der Waals surface area contributed by atoms with Gasteiger partial charge in [0, 0.05) is 25.3 Å². The normalized spacial score (nSPS) is 14.3. The molecule has 0 radical (unpaired) electrons. The molecule has 142 valence electrons. The van der Waals surface area contributed by atoms with Crippen molar-refractivity contribution in [3.8, 4) is 0 Å². The van der Waals surface area contributed by atoms with E-state index in [4.69, 9.17) is 9.47 Å². The van der Waals surface area contributed by atoms with Crippen molar-refractivity contribution in [3.05, 3.63) is 65.7 Å². The standard InChI is InChI=1S/C22H26N2O3/c1-2-27-22(25)20-17-19(10-11-21(20)24-13-15-26-16-14-24)23-12-6-9-18-7-4-3-5-8-18/h3-11,17,23H,2,12-16H2,1H3/b9-6+. The summed E-state index contributed by atoms with van der Waals surface area (Å²) >= 11 is 0. The molecule has 3 rings (SSSR count). The van der Waals surface area contributed by atoms with Crippen LogP contribution in [0.2, 0.25) is 0 Å². The molecule has 1 heterocycles. The van der Waals surface area contributed by atoms with Crippen molar-refractivity contribution in [3.63, 3.8) is 0 Å². The number of hydrogen-bond donors (Lipinski definition) is 1. The average Bonchev–Trinajstić information content (AvgIpc) is 2.73. The number of morpholine rings is 1. The number of rotatable bonds is 7. The van der Waals surface area contributed by atoms with Gasteiger partial charge in [0.2, 0.25) is 0 Å². The van der Waals surface area contributed by atoms with Gasteiger partial charge < -0.3 is 19.7 Å². The van der Waals surface area contributed by atoms with Crippen LogP contribution in [-0.4, -0.2) is 45.4 Å². The third-order valence-electron chi connectivity index (χ3n) is 4.38. The molecule has 0 aromatic heterocycles. The molecular formula is C22H26N2O3. The second-order valence-corrected chi connectivity index (χ2v) is 6.25. The maximum atomic E-state index is 12.5. The van der Waals surface area contributed by atoms with Gasteiger partial charge in [-0.15, -0.1) is 0 Å². The SMILES string of the molecule is CCOC(=O)c1cc(NC/C=C/c2ccccc2)ccc1N1CCOCC1. The molecule has 1 aliphatic heterocycles. The molecule has 1 saturated heterocycles. The number of nitrogens with one attached hydrogen (secondary N) is 1. The lowest BCUT2D eigenvalue weighted by atomic mass is 10.1. The summed E-state index contributed by atoms with van der Waals surface area (Å²) in [7, 11) is 0. The monoisotopic (exact) mass is 366 g/mol. The molecule has 5 heteroatoms. The molecule has 5 nitrogen and oxygen atoms in total. The quantitative estimate of drug-likeness (QED) is 0.755. The van der Waals surface area contributed by atoms with E-state index in [0.29, 0.717) is 31.9 Å². The third kappa shape index (κ3) is 5.34. The van der Waals surface area contributed by atoms with Crippen molar-refractivity contribution in [2.45, 2.75) is 6.92 Å². The van der Waals surface area contributed by atoms with Crippen LogP contribution >= 0.6 is 0 Å². The Labute approximate surface area is 160 Å². The van der Waals surface area contributed by atoms with Crippen LogP contribution in [0.3, 0.4) is 0 Å². The van der Waals surface area contributed by atoms with E-state index in [1.54, 1.807) is 0 Å². The van der Waals surface area contributed by atoms with Crippen LogP contribution in [0.1, 0.15) is 22.8 Å². The summed E-state index contributed by atoms with van der Waals surface area (Å²) in [4.78, 5) is 14.6. The number of ether oxygens (including phenoxy) is 2. The highest BCUT2D eigenvalue weighted by atomic mass is 16.5. The number of benzene rings is 2. The van der Waals surface area contributed by atoms with E-state index < -0.39 is 0 Å².